The molecule has 0 unspecified atom stereocenters. The van der Waals surface area contributed by atoms with Crippen LogP contribution in [-0.2, 0) is 0 Å². The Bertz CT molecular complexity index is 131. The average molecular weight is 186 g/mol. The van der Waals surface area contributed by atoms with E-state index in [-0.39, 0.29) is 12.1 Å². The molecule has 3 nitrogen and oxygen atoms in total. The van der Waals surface area contributed by atoms with Crippen LogP contribution in [0.4, 0.5) is 0 Å². The van der Waals surface area contributed by atoms with Gasteiger partial charge in [0, 0.05) is 18.6 Å². The number of β-amino-alcohol motifs (C(OH)–C–C–N with tert-alkyl or cyclic N) is 1. The Balaban J connectivity index is 2.43. The number of rotatable bonds is 4. The molecule has 0 aromatic rings. The fourth-order valence-electron chi connectivity index (χ4n) is 2.18. The molecule has 0 aliphatic heterocycles. The quantitative estimate of drug-likeness (QED) is 0.564. The molecule has 1 saturated carbocycles. The summed E-state index contributed by atoms with van der Waals surface area (Å²) in [4.78, 5) is 0. The molecule has 4 N–H and O–H groups in total. The van der Waals surface area contributed by atoms with Crippen molar-refractivity contribution < 1.29 is 5.11 Å². The first-order valence-electron chi connectivity index (χ1n) is 5.39. The van der Waals surface area contributed by atoms with Gasteiger partial charge in [-0.05, 0) is 12.8 Å². The van der Waals surface area contributed by atoms with Gasteiger partial charge in [0.15, 0.2) is 0 Å². The van der Waals surface area contributed by atoms with E-state index in [1.54, 1.807) is 0 Å². The lowest BCUT2D eigenvalue weighted by molar-refractivity contribution is 0.237. The van der Waals surface area contributed by atoms with E-state index in [0.29, 0.717) is 13.1 Å². The van der Waals surface area contributed by atoms with E-state index in [0.717, 1.165) is 0 Å². The predicted molar refractivity (Wildman–Crippen MR) is 54.6 cm³/mol. The molecule has 0 heterocycles. The Kier molecular flexibility index (Phi) is 4.70. The van der Waals surface area contributed by atoms with Crippen molar-refractivity contribution >= 4 is 0 Å². The third kappa shape index (κ3) is 3.25. The molecule has 0 atom stereocenters. The molecule has 13 heavy (non-hydrogen) atoms. The smallest absolute Gasteiger partial charge is 0.0556 e. The van der Waals surface area contributed by atoms with Crippen molar-refractivity contribution in [3.63, 3.8) is 0 Å². The van der Waals surface area contributed by atoms with Gasteiger partial charge in [-0.25, -0.2) is 0 Å². The molecular formula is C10H22N2O. The summed E-state index contributed by atoms with van der Waals surface area (Å²) < 4.78 is 0. The van der Waals surface area contributed by atoms with Crippen LogP contribution in [-0.4, -0.2) is 30.3 Å². The highest BCUT2D eigenvalue weighted by molar-refractivity contribution is 4.90. The molecule has 78 valence electrons. The molecule has 0 bridgehead atoms. The lowest BCUT2D eigenvalue weighted by Gasteiger charge is -2.32. The Labute approximate surface area is 80.7 Å². The maximum absolute atomic E-state index is 8.77. The first-order valence-corrected chi connectivity index (χ1v) is 5.39. The zero-order chi connectivity index (χ0) is 9.57. The Hall–Kier alpha value is -0.120. The maximum Gasteiger partial charge on any atom is 0.0556 e. The zero-order valence-electron chi connectivity index (χ0n) is 8.39. The van der Waals surface area contributed by atoms with Gasteiger partial charge in [0.2, 0.25) is 0 Å². The molecule has 0 aromatic carbocycles. The van der Waals surface area contributed by atoms with Crippen molar-refractivity contribution in [3.05, 3.63) is 0 Å². The molecule has 1 rings (SSSR count). The molecule has 1 fully saturated rings. The summed E-state index contributed by atoms with van der Waals surface area (Å²) >= 11 is 0. The lowest BCUT2D eigenvalue weighted by atomic mass is 9.90. The van der Waals surface area contributed by atoms with E-state index in [1.807, 2.05) is 0 Å². The van der Waals surface area contributed by atoms with Crippen LogP contribution in [0.5, 0.6) is 0 Å². The SMILES string of the molecule is NCC1(NCCO)CCCCCC1. The summed E-state index contributed by atoms with van der Waals surface area (Å²) in [5.41, 5.74) is 5.93. The van der Waals surface area contributed by atoms with Gasteiger partial charge in [-0.15, -0.1) is 0 Å². The second kappa shape index (κ2) is 5.58. The van der Waals surface area contributed by atoms with Crippen LogP contribution in [0.25, 0.3) is 0 Å². The van der Waals surface area contributed by atoms with Crippen LogP contribution in [0.1, 0.15) is 38.5 Å². The largest absolute Gasteiger partial charge is 0.395 e. The summed E-state index contributed by atoms with van der Waals surface area (Å²) in [6.45, 7) is 1.59. The van der Waals surface area contributed by atoms with Gasteiger partial charge in [0.1, 0.15) is 0 Å². The van der Waals surface area contributed by atoms with Crippen LogP contribution in [0.2, 0.25) is 0 Å². The Morgan fingerprint density at radius 3 is 2.23 bits per heavy atom. The van der Waals surface area contributed by atoms with E-state index < -0.39 is 0 Å². The molecule has 1 aliphatic carbocycles. The van der Waals surface area contributed by atoms with E-state index in [2.05, 4.69) is 5.32 Å². The number of aliphatic hydroxyl groups is 1. The first-order chi connectivity index (χ1) is 6.33. The van der Waals surface area contributed by atoms with E-state index in [1.165, 1.54) is 38.5 Å². The van der Waals surface area contributed by atoms with E-state index in [9.17, 15) is 0 Å². The van der Waals surface area contributed by atoms with Gasteiger partial charge in [0.25, 0.3) is 0 Å². The average Bonchev–Trinajstić information content (AvgIpc) is 2.41. The monoisotopic (exact) mass is 186 g/mol. The molecule has 0 radical (unpaired) electrons. The number of nitrogens with two attached hydrogens (primary N) is 1. The molecule has 0 saturated heterocycles. The van der Waals surface area contributed by atoms with Gasteiger partial charge in [-0.1, -0.05) is 25.7 Å². The van der Waals surface area contributed by atoms with Crippen LogP contribution in [0.3, 0.4) is 0 Å². The highest BCUT2D eigenvalue weighted by Gasteiger charge is 2.28. The minimum atomic E-state index is 0.124. The first kappa shape index (κ1) is 11.0. The predicted octanol–water partition coefficient (Wildman–Crippen LogP) is 0.620. The summed E-state index contributed by atoms with van der Waals surface area (Å²) in [5.74, 6) is 0. The zero-order valence-corrected chi connectivity index (χ0v) is 8.39. The summed E-state index contributed by atoms with van der Waals surface area (Å²) in [6, 6.07) is 0. The standard InChI is InChI=1S/C10H22N2O/c11-9-10(12-7-8-13)5-3-1-2-4-6-10/h12-13H,1-9,11H2. The van der Waals surface area contributed by atoms with Gasteiger partial charge in [0.05, 0.1) is 6.61 Å². The van der Waals surface area contributed by atoms with E-state index >= 15 is 0 Å². The van der Waals surface area contributed by atoms with Gasteiger partial charge in [-0.2, -0.15) is 0 Å². The molecule has 1 aliphatic rings. The van der Waals surface area contributed by atoms with Crippen molar-refractivity contribution in [2.75, 3.05) is 19.7 Å². The highest BCUT2D eigenvalue weighted by atomic mass is 16.3. The maximum atomic E-state index is 8.77. The molecule has 0 amide bonds. The number of nitrogens with one attached hydrogen (secondary N) is 1. The van der Waals surface area contributed by atoms with Crippen LogP contribution in [0.15, 0.2) is 0 Å². The molecule has 3 heteroatoms. The van der Waals surface area contributed by atoms with Crippen molar-refractivity contribution in [1.29, 1.82) is 0 Å². The third-order valence-electron chi connectivity index (χ3n) is 3.06. The van der Waals surface area contributed by atoms with E-state index in [4.69, 9.17) is 10.8 Å². The fraction of sp³-hybridized carbons (Fsp3) is 1.00. The summed E-state index contributed by atoms with van der Waals surface area (Å²) in [7, 11) is 0. The number of hydrogen-bond donors (Lipinski definition) is 3. The van der Waals surface area contributed by atoms with Crippen molar-refractivity contribution in [3.8, 4) is 0 Å². The third-order valence-corrected chi connectivity index (χ3v) is 3.06. The highest BCUT2D eigenvalue weighted by Crippen LogP contribution is 2.25. The van der Waals surface area contributed by atoms with Crippen LogP contribution < -0.4 is 11.1 Å². The van der Waals surface area contributed by atoms with Crippen LogP contribution >= 0.6 is 0 Å². The van der Waals surface area contributed by atoms with Crippen LogP contribution in [0, 0.1) is 0 Å². The van der Waals surface area contributed by atoms with Gasteiger partial charge in [-0.3, -0.25) is 0 Å². The second-order valence-electron chi connectivity index (χ2n) is 4.05. The summed E-state index contributed by atoms with van der Waals surface area (Å²) in [6.07, 6.45) is 7.56. The van der Waals surface area contributed by atoms with Gasteiger partial charge >= 0.3 is 0 Å². The fourth-order valence-corrected chi connectivity index (χ4v) is 2.18. The van der Waals surface area contributed by atoms with Crippen molar-refractivity contribution in [2.24, 2.45) is 5.73 Å². The second-order valence-corrected chi connectivity index (χ2v) is 4.05. The molecule has 0 aromatic heterocycles. The minimum Gasteiger partial charge on any atom is -0.395 e. The molecular weight excluding hydrogens is 164 g/mol. The van der Waals surface area contributed by atoms with Crippen molar-refractivity contribution in [1.82, 2.24) is 5.32 Å². The Morgan fingerprint density at radius 1 is 1.15 bits per heavy atom. The molecule has 0 spiro atoms. The lowest BCUT2D eigenvalue weighted by Crippen LogP contribution is -2.51. The summed E-state index contributed by atoms with van der Waals surface area (Å²) in [5, 5.41) is 12.2. The van der Waals surface area contributed by atoms with Gasteiger partial charge < -0.3 is 16.2 Å². The van der Waals surface area contributed by atoms with Crippen molar-refractivity contribution in [2.45, 2.75) is 44.1 Å². The topological polar surface area (TPSA) is 58.3 Å². The number of aliphatic hydroxyl groups excluding tert-OH is 1. The Morgan fingerprint density at radius 2 is 1.77 bits per heavy atom. The normalized spacial score (nSPS) is 22.6. The minimum absolute atomic E-state index is 0.124. The number of hydrogen-bond acceptors (Lipinski definition) is 3.